The van der Waals surface area contributed by atoms with Crippen LogP contribution >= 0.6 is 11.6 Å². The van der Waals surface area contributed by atoms with Crippen molar-refractivity contribution in [1.82, 2.24) is 9.88 Å². The summed E-state index contributed by atoms with van der Waals surface area (Å²) in [6, 6.07) is 7.28. The molecular formula is C18H20ClN3O3. The zero-order valence-corrected chi connectivity index (χ0v) is 14.5. The third kappa shape index (κ3) is 4.39. The molecular weight excluding hydrogens is 342 g/mol. The Bertz CT molecular complexity index is 757. The van der Waals surface area contributed by atoms with E-state index in [1.54, 1.807) is 23.2 Å². The quantitative estimate of drug-likeness (QED) is 0.886. The van der Waals surface area contributed by atoms with Crippen molar-refractivity contribution < 1.29 is 14.0 Å². The van der Waals surface area contributed by atoms with Crippen LogP contribution in [0.3, 0.4) is 0 Å². The van der Waals surface area contributed by atoms with E-state index in [4.69, 9.17) is 21.8 Å². The number of amides is 2. The fourth-order valence-corrected chi connectivity index (χ4v) is 3.11. The van der Waals surface area contributed by atoms with Gasteiger partial charge >= 0.3 is 0 Å². The number of nitrogens with two attached hydrogens (primary N) is 1. The summed E-state index contributed by atoms with van der Waals surface area (Å²) in [7, 11) is 0. The number of hydrogen-bond acceptors (Lipinski definition) is 4. The number of aromatic nitrogens is 1. The Balaban J connectivity index is 1.56. The summed E-state index contributed by atoms with van der Waals surface area (Å²) >= 11 is 5.88. The maximum atomic E-state index is 12.3. The van der Waals surface area contributed by atoms with Crippen LogP contribution in [-0.2, 0) is 16.0 Å². The smallest absolute Gasteiger partial charge is 0.223 e. The molecule has 1 aliphatic heterocycles. The first-order valence-corrected chi connectivity index (χ1v) is 8.68. The van der Waals surface area contributed by atoms with Crippen LogP contribution in [0.2, 0.25) is 5.02 Å². The van der Waals surface area contributed by atoms with Gasteiger partial charge in [-0.3, -0.25) is 9.59 Å². The van der Waals surface area contributed by atoms with E-state index in [0.717, 1.165) is 18.4 Å². The van der Waals surface area contributed by atoms with Gasteiger partial charge in [0.15, 0.2) is 11.7 Å². The Kier molecular flexibility index (Phi) is 5.38. The van der Waals surface area contributed by atoms with Crippen LogP contribution in [0.25, 0.3) is 11.3 Å². The molecule has 132 valence electrons. The van der Waals surface area contributed by atoms with Crippen molar-refractivity contribution in [2.75, 3.05) is 13.1 Å². The highest BCUT2D eigenvalue weighted by Gasteiger charge is 2.26. The minimum atomic E-state index is -0.335. The van der Waals surface area contributed by atoms with Gasteiger partial charge in [0.2, 0.25) is 11.8 Å². The summed E-state index contributed by atoms with van der Waals surface area (Å²) in [5, 5.41) is 0.657. The van der Waals surface area contributed by atoms with Crippen molar-refractivity contribution in [3.63, 3.8) is 0 Å². The molecule has 1 saturated heterocycles. The number of primary amides is 1. The number of oxazole rings is 1. The van der Waals surface area contributed by atoms with E-state index in [-0.39, 0.29) is 17.7 Å². The summed E-state index contributed by atoms with van der Waals surface area (Å²) < 4.78 is 5.71. The zero-order chi connectivity index (χ0) is 17.8. The minimum Gasteiger partial charge on any atom is -0.441 e. The summed E-state index contributed by atoms with van der Waals surface area (Å²) in [4.78, 5) is 29.6. The Morgan fingerprint density at radius 3 is 2.80 bits per heavy atom. The number of rotatable bonds is 5. The highest BCUT2D eigenvalue weighted by Crippen LogP contribution is 2.23. The molecule has 0 aliphatic carbocycles. The second kappa shape index (κ2) is 7.70. The molecule has 25 heavy (non-hydrogen) atoms. The van der Waals surface area contributed by atoms with Crippen LogP contribution < -0.4 is 5.73 Å². The SMILES string of the molecule is NC(=O)C1CCCN(C(=O)CCc2ncc(-c3ccc(Cl)cc3)o2)C1. The maximum Gasteiger partial charge on any atom is 0.223 e. The lowest BCUT2D eigenvalue weighted by Gasteiger charge is -2.31. The van der Waals surface area contributed by atoms with E-state index in [1.165, 1.54) is 0 Å². The number of nitrogens with zero attached hydrogens (tertiary/aromatic N) is 2. The number of aryl methyl sites for hydroxylation is 1. The van der Waals surface area contributed by atoms with Crippen LogP contribution in [0.15, 0.2) is 34.9 Å². The van der Waals surface area contributed by atoms with Crippen molar-refractivity contribution >= 4 is 23.4 Å². The van der Waals surface area contributed by atoms with Gasteiger partial charge in [0.25, 0.3) is 0 Å². The standard InChI is InChI=1S/C18H20ClN3O3/c19-14-5-3-12(4-6-14)15-10-21-16(25-15)7-8-17(23)22-9-1-2-13(11-22)18(20)24/h3-6,10,13H,1-2,7-9,11H2,(H2,20,24). The monoisotopic (exact) mass is 361 g/mol. The van der Waals surface area contributed by atoms with Crippen molar-refractivity contribution in [3.8, 4) is 11.3 Å². The molecule has 1 unspecified atom stereocenters. The van der Waals surface area contributed by atoms with Crippen molar-refractivity contribution in [2.45, 2.75) is 25.7 Å². The third-order valence-corrected chi connectivity index (χ3v) is 4.66. The average Bonchev–Trinajstić information content (AvgIpc) is 3.09. The van der Waals surface area contributed by atoms with Crippen molar-refractivity contribution in [3.05, 3.63) is 41.4 Å². The molecule has 0 saturated carbocycles. The number of piperidine rings is 1. The molecule has 2 amide bonds. The van der Waals surface area contributed by atoms with Gasteiger partial charge in [-0.15, -0.1) is 0 Å². The lowest BCUT2D eigenvalue weighted by atomic mass is 9.97. The summed E-state index contributed by atoms with van der Waals surface area (Å²) in [5.74, 6) is 0.582. The van der Waals surface area contributed by atoms with E-state index in [2.05, 4.69) is 4.98 Å². The molecule has 7 heteroatoms. The van der Waals surface area contributed by atoms with E-state index < -0.39 is 0 Å². The minimum absolute atomic E-state index is 0.00260. The largest absolute Gasteiger partial charge is 0.441 e. The molecule has 1 aliphatic rings. The summed E-state index contributed by atoms with van der Waals surface area (Å²) in [6.07, 6.45) is 3.92. The lowest BCUT2D eigenvalue weighted by Crippen LogP contribution is -2.44. The van der Waals surface area contributed by atoms with Gasteiger partial charge in [0, 0.05) is 36.5 Å². The normalized spacial score (nSPS) is 17.5. The van der Waals surface area contributed by atoms with Gasteiger partial charge in [-0.25, -0.2) is 4.98 Å². The summed E-state index contributed by atoms with van der Waals surface area (Å²) in [6.45, 7) is 1.08. The molecule has 1 aromatic heterocycles. The molecule has 1 aromatic carbocycles. The van der Waals surface area contributed by atoms with Crippen LogP contribution in [0, 0.1) is 5.92 Å². The fourth-order valence-electron chi connectivity index (χ4n) is 2.98. The third-order valence-electron chi connectivity index (χ3n) is 4.41. The van der Waals surface area contributed by atoms with Crippen LogP contribution in [-0.4, -0.2) is 34.8 Å². The second-order valence-corrected chi connectivity index (χ2v) is 6.64. The molecule has 2 aromatic rings. The van der Waals surface area contributed by atoms with Gasteiger partial charge in [0.05, 0.1) is 12.1 Å². The van der Waals surface area contributed by atoms with Crippen LogP contribution in [0.4, 0.5) is 0 Å². The van der Waals surface area contributed by atoms with Gasteiger partial charge in [-0.2, -0.15) is 0 Å². The predicted octanol–water partition coefficient (Wildman–Crippen LogP) is 2.65. The average molecular weight is 362 g/mol. The van der Waals surface area contributed by atoms with Crippen molar-refractivity contribution in [1.29, 1.82) is 0 Å². The number of hydrogen-bond donors (Lipinski definition) is 1. The molecule has 6 nitrogen and oxygen atoms in total. The maximum absolute atomic E-state index is 12.3. The lowest BCUT2D eigenvalue weighted by molar-refractivity contribution is -0.135. The van der Waals surface area contributed by atoms with Gasteiger partial charge in [-0.05, 0) is 37.1 Å². The van der Waals surface area contributed by atoms with E-state index in [1.807, 2.05) is 12.1 Å². The van der Waals surface area contributed by atoms with Gasteiger partial charge < -0.3 is 15.1 Å². The van der Waals surface area contributed by atoms with Crippen molar-refractivity contribution in [2.24, 2.45) is 11.7 Å². The number of carbonyl (C=O) groups is 2. The highest BCUT2D eigenvalue weighted by molar-refractivity contribution is 6.30. The topological polar surface area (TPSA) is 89.4 Å². The molecule has 1 atom stereocenters. The predicted molar refractivity (Wildman–Crippen MR) is 93.8 cm³/mol. The number of likely N-dealkylation sites (tertiary alicyclic amines) is 1. The highest BCUT2D eigenvalue weighted by atomic mass is 35.5. The Labute approximate surface area is 151 Å². The molecule has 2 heterocycles. The van der Waals surface area contributed by atoms with Gasteiger partial charge in [-0.1, -0.05) is 11.6 Å². The number of halogens is 1. The molecule has 0 bridgehead atoms. The Morgan fingerprint density at radius 2 is 2.08 bits per heavy atom. The molecule has 1 fully saturated rings. The van der Waals surface area contributed by atoms with E-state index >= 15 is 0 Å². The molecule has 3 rings (SSSR count). The Morgan fingerprint density at radius 1 is 1.32 bits per heavy atom. The summed E-state index contributed by atoms with van der Waals surface area (Å²) in [5.41, 5.74) is 6.24. The Hall–Kier alpha value is -2.34. The van der Waals surface area contributed by atoms with Crippen LogP contribution in [0.1, 0.15) is 25.2 Å². The number of carbonyl (C=O) groups excluding carboxylic acids is 2. The molecule has 0 spiro atoms. The van der Waals surface area contributed by atoms with E-state index in [0.29, 0.717) is 42.6 Å². The first kappa shape index (κ1) is 17.5. The second-order valence-electron chi connectivity index (χ2n) is 6.21. The van der Waals surface area contributed by atoms with Crippen LogP contribution in [0.5, 0.6) is 0 Å². The molecule has 2 N–H and O–H groups in total. The first-order chi connectivity index (χ1) is 12.0. The fraction of sp³-hybridized carbons (Fsp3) is 0.389. The zero-order valence-electron chi connectivity index (χ0n) is 13.8. The van der Waals surface area contributed by atoms with Gasteiger partial charge in [0.1, 0.15) is 0 Å². The first-order valence-electron chi connectivity index (χ1n) is 8.30. The molecule has 0 radical (unpaired) electrons. The number of benzene rings is 1. The van der Waals surface area contributed by atoms with E-state index in [9.17, 15) is 9.59 Å².